The zero-order valence-corrected chi connectivity index (χ0v) is 16.8. The molecule has 0 saturated carbocycles. The minimum atomic E-state index is -0.392. The van der Waals surface area contributed by atoms with Crippen LogP contribution in [0.25, 0.3) is 20.7 Å². The van der Waals surface area contributed by atoms with Gasteiger partial charge in [-0.25, -0.2) is 9.37 Å². The van der Waals surface area contributed by atoms with Crippen LogP contribution >= 0.6 is 22.7 Å². The molecule has 0 aliphatic rings. The number of rotatable bonds is 5. The summed E-state index contributed by atoms with van der Waals surface area (Å²) < 4.78 is 14.1. The zero-order valence-electron chi connectivity index (χ0n) is 15.1. The molecule has 29 heavy (non-hydrogen) atoms. The van der Waals surface area contributed by atoms with Gasteiger partial charge in [0.2, 0.25) is 5.91 Å². The number of hydrogen-bond donors (Lipinski definition) is 2. The molecule has 0 unspecified atom stereocenters. The third-order valence-corrected chi connectivity index (χ3v) is 6.41. The molecule has 146 valence electrons. The van der Waals surface area contributed by atoms with Gasteiger partial charge in [0.15, 0.2) is 0 Å². The number of para-hydroxylation sites is 1. The molecule has 0 saturated heterocycles. The lowest BCUT2D eigenvalue weighted by atomic mass is 10.2. The third kappa shape index (κ3) is 4.67. The topological polar surface area (TPSA) is 71.1 Å². The molecular weight excluding hydrogens is 409 g/mol. The summed E-state index contributed by atoms with van der Waals surface area (Å²) in [6, 6.07) is 17.4. The van der Waals surface area contributed by atoms with E-state index in [1.54, 1.807) is 35.6 Å². The summed E-state index contributed by atoms with van der Waals surface area (Å²) in [6.45, 7) is 0. The molecule has 0 atom stereocenters. The van der Waals surface area contributed by atoms with Crippen LogP contribution in [0.5, 0.6) is 0 Å². The van der Waals surface area contributed by atoms with Crippen molar-refractivity contribution >= 4 is 44.7 Å². The fraction of sp³-hybridized carbons (Fsp3) is 0.0952. The number of thiophene rings is 1. The number of benzene rings is 2. The number of thiazole rings is 1. The number of carbonyl (C=O) groups excluding carboxylic acids is 2. The molecule has 4 aromatic rings. The summed E-state index contributed by atoms with van der Waals surface area (Å²) in [5, 5.41) is 0.884. The second-order valence-electron chi connectivity index (χ2n) is 6.25. The first-order valence-corrected chi connectivity index (χ1v) is 10.5. The van der Waals surface area contributed by atoms with Gasteiger partial charge in [-0.3, -0.25) is 20.4 Å². The van der Waals surface area contributed by atoms with Crippen molar-refractivity contribution < 1.29 is 14.0 Å². The number of nitrogens with zero attached hydrogens (tertiary/aromatic N) is 1. The number of aromatic nitrogens is 1. The van der Waals surface area contributed by atoms with E-state index in [-0.39, 0.29) is 18.1 Å². The smallest absolute Gasteiger partial charge is 0.273 e. The average Bonchev–Trinajstić information content (AvgIpc) is 3.38. The van der Waals surface area contributed by atoms with Crippen molar-refractivity contribution in [2.75, 3.05) is 0 Å². The molecule has 0 aliphatic heterocycles. The van der Waals surface area contributed by atoms with Gasteiger partial charge in [-0.2, -0.15) is 0 Å². The zero-order chi connectivity index (χ0) is 20.2. The first kappa shape index (κ1) is 19.2. The Bertz CT molecular complexity index is 1140. The van der Waals surface area contributed by atoms with Crippen LogP contribution in [-0.2, 0) is 11.2 Å². The van der Waals surface area contributed by atoms with E-state index in [1.165, 1.54) is 23.5 Å². The normalized spacial score (nSPS) is 10.8. The summed E-state index contributed by atoms with van der Waals surface area (Å²) >= 11 is 2.83. The van der Waals surface area contributed by atoms with Crippen LogP contribution in [0.4, 0.5) is 4.39 Å². The highest BCUT2D eigenvalue weighted by molar-refractivity contribution is 7.18. The minimum absolute atomic E-state index is 0.228. The Morgan fingerprint density at radius 2 is 1.72 bits per heavy atom. The first-order chi connectivity index (χ1) is 14.1. The molecule has 8 heteroatoms. The van der Waals surface area contributed by atoms with Crippen LogP contribution in [0.2, 0.25) is 0 Å². The van der Waals surface area contributed by atoms with Crippen molar-refractivity contribution in [1.82, 2.24) is 15.8 Å². The van der Waals surface area contributed by atoms with Crippen LogP contribution in [0.3, 0.4) is 0 Å². The summed E-state index contributed by atoms with van der Waals surface area (Å²) in [6.07, 6.45) is 0.736. The standard InChI is InChI=1S/C21H16FN3O2S2/c22-14-7-5-13(6-8-14)16-9-10-18(28-16)21(27)25-24-19(26)11-12-20-23-15-3-1-2-4-17(15)29-20/h1-10H,11-12H2,(H,24,26)(H,25,27). The van der Waals surface area contributed by atoms with Crippen molar-refractivity contribution in [3.63, 3.8) is 0 Å². The predicted octanol–water partition coefficient (Wildman–Crippen LogP) is 4.56. The lowest BCUT2D eigenvalue weighted by molar-refractivity contribution is -0.121. The molecule has 2 aromatic carbocycles. The highest BCUT2D eigenvalue weighted by Crippen LogP contribution is 2.28. The highest BCUT2D eigenvalue weighted by atomic mass is 32.1. The van der Waals surface area contributed by atoms with Crippen molar-refractivity contribution in [3.05, 3.63) is 76.4 Å². The first-order valence-electron chi connectivity index (χ1n) is 8.88. The van der Waals surface area contributed by atoms with E-state index in [2.05, 4.69) is 15.8 Å². The Morgan fingerprint density at radius 3 is 2.52 bits per heavy atom. The van der Waals surface area contributed by atoms with E-state index in [0.717, 1.165) is 25.7 Å². The minimum Gasteiger partial charge on any atom is -0.273 e. The Balaban J connectivity index is 1.29. The van der Waals surface area contributed by atoms with Gasteiger partial charge in [0.25, 0.3) is 5.91 Å². The monoisotopic (exact) mass is 425 g/mol. The largest absolute Gasteiger partial charge is 0.279 e. The van der Waals surface area contributed by atoms with Crippen molar-refractivity contribution in [2.24, 2.45) is 0 Å². The fourth-order valence-corrected chi connectivity index (χ4v) is 4.60. The van der Waals surface area contributed by atoms with Crippen LogP contribution in [0.1, 0.15) is 21.1 Å². The molecule has 0 aliphatic carbocycles. The summed E-state index contributed by atoms with van der Waals surface area (Å²) in [4.78, 5) is 30.1. The Labute approximate surface area is 174 Å². The van der Waals surface area contributed by atoms with E-state index < -0.39 is 5.91 Å². The van der Waals surface area contributed by atoms with Crippen molar-refractivity contribution in [3.8, 4) is 10.4 Å². The lowest BCUT2D eigenvalue weighted by Gasteiger charge is -2.05. The van der Waals surface area contributed by atoms with Crippen molar-refractivity contribution in [2.45, 2.75) is 12.8 Å². The number of nitrogens with one attached hydrogen (secondary N) is 2. The number of aryl methyl sites for hydroxylation is 1. The molecule has 2 amide bonds. The van der Waals surface area contributed by atoms with Crippen LogP contribution in [0, 0.1) is 5.82 Å². The highest BCUT2D eigenvalue weighted by Gasteiger charge is 2.12. The molecule has 0 radical (unpaired) electrons. The fourth-order valence-electron chi connectivity index (χ4n) is 2.73. The molecule has 2 N–H and O–H groups in total. The van der Waals surface area contributed by atoms with Crippen LogP contribution in [0.15, 0.2) is 60.7 Å². The number of amides is 2. The van der Waals surface area contributed by atoms with Gasteiger partial charge in [-0.15, -0.1) is 22.7 Å². The molecule has 0 bridgehead atoms. The summed E-state index contributed by atoms with van der Waals surface area (Å²) in [7, 11) is 0. The second-order valence-corrected chi connectivity index (χ2v) is 8.45. The van der Waals surface area contributed by atoms with Gasteiger partial charge in [0.1, 0.15) is 5.82 Å². The molecule has 2 heterocycles. The van der Waals surface area contributed by atoms with Crippen molar-refractivity contribution in [1.29, 1.82) is 0 Å². The van der Waals surface area contributed by atoms with Gasteiger partial charge in [-0.05, 0) is 42.0 Å². The quantitative estimate of drug-likeness (QED) is 0.461. The average molecular weight is 426 g/mol. The number of hydrazine groups is 1. The molecule has 0 fully saturated rings. The third-order valence-electron chi connectivity index (χ3n) is 4.18. The molecule has 4 rings (SSSR count). The number of hydrogen-bond acceptors (Lipinski definition) is 5. The van der Waals surface area contributed by atoms with Crippen LogP contribution < -0.4 is 10.9 Å². The maximum absolute atomic E-state index is 13.0. The van der Waals surface area contributed by atoms with E-state index in [1.807, 2.05) is 24.3 Å². The maximum atomic E-state index is 13.0. The predicted molar refractivity (Wildman–Crippen MR) is 113 cm³/mol. The van der Waals surface area contributed by atoms with Gasteiger partial charge < -0.3 is 0 Å². The molecule has 2 aromatic heterocycles. The number of fused-ring (bicyclic) bond motifs is 1. The lowest BCUT2D eigenvalue weighted by Crippen LogP contribution is -2.41. The Kier molecular flexibility index (Phi) is 5.64. The number of carbonyl (C=O) groups is 2. The van der Waals surface area contributed by atoms with Gasteiger partial charge in [0.05, 0.1) is 20.1 Å². The van der Waals surface area contributed by atoms with E-state index in [4.69, 9.17) is 0 Å². The van der Waals surface area contributed by atoms with E-state index in [0.29, 0.717) is 11.3 Å². The van der Waals surface area contributed by atoms with Crippen LogP contribution in [-0.4, -0.2) is 16.8 Å². The van der Waals surface area contributed by atoms with Gasteiger partial charge in [0, 0.05) is 17.7 Å². The maximum Gasteiger partial charge on any atom is 0.279 e. The van der Waals surface area contributed by atoms with Gasteiger partial charge in [-0.1, -0.05) is 24.3 Å². The van der Waals surface area contributed by atoms with Gasteiger partial charge >= 0.3 is 0 Å². The molecule has 0 spiro atoms. The summed E-state index contributed by atoms with van der Waals surface area (Å²) in [5.74, 6) is -0.985. The second kappa shape index (κ2) is 8.50. The molecule has 5 nitrogen and oxygen atoms in total. The SMILES string of the molecule is O=C(CCc1nc2ccccc2s1)NNC(=O)c1ccc(-c2ccc(F)cc2)s1. The Morgan fingerprint density at radius 1 is 0.931 bits per heavy atom. The van der Waals surface area contributed by atoms with E-state index in [9.17, 15) is 14.0 Å². The number of halogens is 1. The van der Waals surface area contributed by atoms with E-state index >= 15 is 0 Å². The summed E-state index contributed by atoms with van der Waals surface area (Å²) in [5.41, 5.74) is 6.62. The molecular formula is C21H16FN3O2S2. The Hall–Kier alpha value is -3.10.